The quantitative estimate of drug-likeness (QED) is 0.731. The Kier molecular flexibility index (Phi) is 2.67. The standard InChI is InChI=1S/C10H15FN4O/c1-10(16)3-2-4-15(6-10)8-7(11)5-13-9(12)14-8/h5,16H,2-4,6H2,1H3,(H2,12,13,14). The van der Waals surface area contributed by atoms with Crippen molar-refractivity contribution in [2.45, 2.75) is 25.4 Å². The maximum Gasteiger partial charge on any atom is 0.222 e. The SMILES string of the molecule is CC1(O)CCCN(c2nc(N)ncc2F)C1. The number of rotatable bonds is 1. The van der Waals surface area contributed by atoms with Gasteiger partial charge in [-0.05, 0) is 19.8 Å². The molecule has 2 rings (SSSR count). The van der Waals surface area contributed by atoms with E-state index in [1.165, 1.54) is 0 Å². The summed E-state index contributed by atoms with van der Waals surface area (Å²) in [5.74, 6) is -0.291. The van der Waals surface area contributed by atoms with Crippen molar-refractivity contribution >= 4 is 11.8 Å². The number of nitrogen functional groups attached to an aromatic ring is 1. The number of hydrogen-bond acceptors (Lipinski definition) is 5. The van der Waals surface area contributed by atoms with Crippen LogP contribution in [-0.2, 0) is 0 Å². The first-order chi connectivity index (χ1) is 7.48. The van der Waals surface area contributed by atoms with Gasteiger partial charge >= 0.3 is 0 Å². The second-order valence-corrected chi connectivity index (χ2v) is 4.42. The number of nitrogens with zero attached hydrogens (tertiary/aromatic N) is 3. The molecule has 1 fully saturated rings. The molecule has 6 heteroatoms. The molecule has 3 N–H and O–H groups in total. The summed E-state index contributed by atoms with van der Waals surface area (Å²) in [5, 5.41) is 9.93. The summed E-state index contributed by atoms with van der Waals surface area (Å²) in [6.45, 7) is 2.77. The van der Waals surface area contributed by atoms with Crippen LogP contribution in [-0.4, -0.2) is 33.8 Å². The summed E-state index contributed by atoms with van der Waals surface area (Å²) in [4.78, 5) is 9.15. The van der Waals surface area contributed by atoms with E-state index in [1.54, 1.807) is 11.8 Å². The fourth-order valence-corrected chi connectivity index (χ4v) is 1.99. The summed E-state index contributed by atoms with van der Waals surface area (Å²) in [6, 6.07) is 0. The summed E-state index contributed by atoms with van der Waals surface area (Å²) in [7, 11) is 0. The topological polar surface area (TPSA) is 75.3 Å². The van der Waals surface area contributed by atoms with Crippen molar-refractivity contribution in [3.8, 4) is 0 Å². The third kappa shape index (κ3) is 2.21. The molecule has 1 aliphatic heterocycles. The van der Waals surface area contributed by atoms with Gasteiger partial charge in [0, 0.05) is 13.1 Å². The van der Waals surface area contributed by atoms with Crippen molar-refractivity contribution in [2.75, 3.05) is 23.7 Å². The maximum atomic E-state index is 13.5. The summed E-state index contributed by atoms with van der Waals surface area (Å²) < 4.78 is 13.5. The monoisotopic (exact) mass is 226 g/mol. The van der Waals surface area contributed by atoms with Crippen molar-refractivity contribution in [1.29, 1.82) is 0 Å². The highest BCUT2D eigenvalue weighted by atomic mass is 19.1. The molecule has 1 aromatic heterocycles. The molecule has 1 aromatic rings. The van der Waals surface area contributed by atoms with Crippen LogP contribution in [0.25, 0.3) is 0 Å². The van der Waals surface area contributed by atoms with E-state index in [1.807, 2.05) is 0 Å². The summed E-state index contributed by atoms with van der Waals surface area (Å²) in [5.41, 5.74) is 4.62. The Labute approximate surface area is 93.1 Å². The van der Waals surface area contributed by atoms with Gasteiger partial charge in [0.15, 0.2) is 11.6 Å². The number of hydrogen-bond donors (Lipinski definition) is 2. The second kappa shape index (κ2) is 3.86. The minimum absolute atomic E-state index is 0.0432. The van der Waals surface area contributed by atoms with Crippen molar-refractivity contribution in [3.05, 3.63) is 12.0 Å². The first kappa shape index (κ1) is 11.1. The van der Waals surface area contributed by atoms with Gasteiger partial charge in [0.25, 0.3) is 0 Å². The van der Waals surface area contributed by atoms with E-state index in [-0.39, 0.29) is 11.8 Å². The summed E-state index contributed by atoms with van der Waals surface area (Å²) >= 11 is 0. The zero-order chi connectivity index (χ0) is 11.8. The van der Waals surface area contributed by atoms with Crippen LogP contribution in [0.2, 0.25) is 0 Å². The zero-order valence-corrected chi connectivity index (χ0v) is 9.15. The molecule has 1 saturated heterocycles. The molecule has 0 radical (unpaired) electrons. The molecule has 5 nitrogen and oxygen atoms in total. The highest BCUT2D eigenvalue weighted by molar-refractivity contribution is 5.43. The van der Waals surface area contributed by atoms with Crippen LogP contribution >= 0.6 is 0 Å². The zero-order valence-electron chi connectivity index (χ0n) is 9.15. The summed E-state index contributed by atoms with van der Waals surface area (Å²) in [6.07, 6.45) is 2.57. The Morgan fingerprint density at radius 2 is 2.38 bits per heavy atom. The Morgan fingerprint density at radius 1 is 1.62 bits per heavy atom. The van der Waals surface area contributed by atoms with Gasteiger partial charge < -0.3 is 15.7 Å². The number of nitrogens with two attached hydrogens (primary N) is 1. The van der Waals surface area contributed by atoms with Gasteiger partial charge in [-0.3, -0.25) is 0 Å². The number of halogens is 1. The van der Waals surface area contributed by atoms with Crippen LogP contribution in [0, 0.1) is 5.82 Å². The lowest BCUT2D eigenvalue weighted by molar-refractivity contribution is 0.0445. The van der Waals surface area contributed by atoms with Gasteiger partial charge in [0.05, 0.1) is 11.8 Å². The molecule has 16 heavy (non-hydrogen) atoms. The van der Waals surface area contributed by atoms with Gasteiger partial charge in [-0.1, -0.05) is 0 Å². The smallest absolute Gasteiger partial charge is 0.222 e. The number of β-amino-alcohol motifs (C(OH)–C–C–N with tert-alkyl or cyclic N) is 1. The molecule has 0 saturated carbocycles. The van der Waals surface area contributed by atoms with E-state index in [0.29, 0.717) is 19.5 Å². The van der Waals surface area contributed by atoms with Crippen LogP contribution < -0.4 is 10.6 Å². The van der Waals surface area contributed by atoms with Crippen molar-refractivity contribution in [3.63, 3.8) is 0 Å². The fourth-order valence-electron chi connectivity index (χ4n) is 1.99. The lowest BCUT2D eigenvalue weighted by Crippen LogP contribution is -2.46. The van der Waals surface area contributed by atoms with Crippen molar-refractivity contribution < 1.29 is 9.50 Å². The molecule has 88 valence electrons. The van der Waals surface area contributed by atoms with Gasteiger partial charge in [-0.25, -0.2) is 9.37 Å². The average molecular weight is 226 g/mol. The lowest BCUT2D eigenvalue weighted by Gasteiger charge is -2.37. The predicted octanol–water partition coefficient (Wildman–Crippen LogP) is 0.549. The molecule has 0 aromatic carbocycles. The first-order valence-electron chi connectivity index (χ1n) is 5.23. The van der Waals surface area contributed by atoms with E-state index in [9.17, 15) is 9.50 Å². The van der Waals surface area contributed by atoms with Crippen LogP contribution in [0.15, 0.2) is 6.20 Å². The molecule has 0 aliphatic carbocycles. The minimum atomic E-state index is -0.801. The highest BCUT2D eigenvalue weighted by Crippen LogP contribution is 2.26. The van der Waals surface area contributed by atoms with Gasteiger partial charge in [0.2, 0.25) is 5.95 Å². The van der Waals surface area contributed by atoms with E-state index < -0.39 is 11.4 Å². The lowest BCUT2D eigenvalue weighted by atomic mass is 9.95. The van der Waals surface area contributed by atoms with Crippen LogP contribution in [0.4, 0.5) is 16.2 Å². The molecule has 0 amide bonds. The van der Waals surface area contributed by atoms with Crippen molar-refractivity contribution in [2.24, 2.45) is 0 Å². The largest absolute Gasteiger partial charge is 0.388 e. The molecular weight excluding hydrogens is 211 g/mol. The van der Waals surface area contributed by atoms with E-state index >= 15 is 0 Å². The number of aliphatic hydroxyl groups is 1. The molecule has 1 unspecified atom stereocenters. The molecule has 1 aliphatic rings. The predicted molar refractivity (Wildman–Crippen MR) is 58.5 cm³/mol. The van der Waals surface area contributed by atoms with Crippen LogP contribution in [0.3, 0.4) is 0 Å². The third-order valence-electron chi connectivity index (χ3n) is 2.72. The Morgan fingerprint density at radius 3 is 3.06 bits per heavy atom. The van der Waals surface area contributed by atoms with Crippen molar-refractivity contribution in [1.82, 2.24) is 9.97 Å². The van der Waals surface area contributed by atoms with Crippen LogP contribution in [0.1, 0.15) is 19.8 Å². The molecular formula is C10H15FN4O. The first-order valence-corrected chi connectivity index (χ1v) is 5.23. The molecule has 0 spiro atoms. The average Bonchev–Trinajstić information content (AvgIpc) is 2.20. The van der Waals surface area contributed by atoms with E-state index in [0.717, 1.165) is 12.6 Å². The molecule has 1 atom stereocenters. The number of aromatic nitrogens is 2. The third-order valence-corrected chi connectivity index (χ3v) is 2.72. The van der Waals surface area contributed by atoms with E-state index in [2.05, 4.69) is 9.97 Å². The minimum Gasteiger partial charge on any atom is -0.388 e. The number of piperidine rings is 1. The molecule has 0 bridgehead atoms. The second-order valence-electron chi connectivity index (χ2n) is 4.42. The van der Waals surface area contributed by atoms with Crippen LogP contribution in [0.5, 0.6) is 0 Å². The fraction of sp³-hybridized carbons (Fsp3) is 0.600. The van der Waals surface area contributed by atoms with Gasteiger partial charge in [-0.2, -0.15) is 4.98 Å². The number of anilines is 2. The maximum absolute atomic E-state index is 13.5. The van der Waals surface area contributed by atoms with Gasteiger partial charge in [0.1, 0.15) is 0 Å². The molecule has 2 heterocycles. The Balaban J connectivity index is 2.26. The normalized spacial score (nSPS) is 25.8. The highest BCUT2D eigenvalue weighted by Gasteiger charge is 2.30. The Hall–Kier alpha value is -1.43. The van der Waals surface area contributed by atoms with E-state index in [4.69, 9.17) is 5.73 Å². The Bertz CT molecular complexity index is 396. The van der Waals surface area contributed by atoms with Gasteiger partial charge in [-0.15, -0.1) is 0 Å².